The summed E-state index contributed by atoms with van der Waals surface area (Å²) in [7, 11) is 2.98. The summed E-state index contributed by atoms with van der Waals surface area (Å²) in [5.74, 6) is 1.07. The summed E-state index contributed by atoms with van der Waals surface area (Å²) in [5, 5.41) is 7.47. The molecule has 0 spiro atoms. The lowest BCUT2D eigenvalue weighted by Gasteiger charge is -2.36. The number of anilines is 1. The fourth-order valence-electron chi connectivity index (χ4n) is 4.65. The molecule has 1 aromatic heterocycles. The predicted octanol–water partition coefficient (Wildman–Crippen LogP) is 4.01. The molecule has 0 aliphatic carbocycles. The second kappa shape index (κ2) is 9.05. The van der Waals surface area contributed by atoms with Gasteiger partial charge in [-0.3, -0.25) is 4.79 Å². The van der Waals surface area contributed by atoms with Crippen molar-refractivity contribution in [2.24, 2.45) is 5.73 Å². The highest BCUT2D eigenvalue weighted by atomic mass is 19.4. The Balaban J connectivity index is 1.43. The number of rotatable bonds is 5. The van der Waals surface area contributed by atoms with Crippen LogP contribution in [0.4, 0.5) is 19.0 Å². The number of halogens is 3. The molecule has 2 atom stereocenters. The van der Waals surface area contributed by atoms with Crippen LogP contribution in [0.5, 0.6) is 11.5 Å². The minimum absolute atomic E-state index is 0.00185. The molecule has 2 aliphatic heterocycles. The van der Waals surface area contributed by atoms with Gasteiger partial charge in [-0.25, -0.2) is 4.68 Å². The number of hydrogen-bond acceptors (Lipinski definition) is 6. The molecule has 1 fully saturated rings. The molecule has 36 heavy (non-hydrogen) atoms. The first-order valence-electron chi connectivity index (χ1n) is 11.5. The highest BCUT2D eigenvalue weighted by Crippen LogP contribution is 2.45. The molecule has 2 aromatic carbocycles. The average molecular weight is 502 g/mol. The van der Waals surface area contributed by atoms with Gasteiger partial charge >= 0.3 is 6.18 Å². The number of nitrogens with one attached hydrogen (secondary N) is 1. The Morgan fingerprint density at radius 3 is 2.36 bits per heavy atom. The summed E-state index contributed by atoms with van der Waals surface area (Å²) in [6.45, 7) is 1.03. The van der Waals surface area contributed by atoms with E-state index in [1.807, 2.05) is 0 Å². The zero-order chi connectivity index (χ0) is 25.6. The van der Waals surface area contributed by atoms with Crippen LogP contribution >= 0.6 is 0 Å². The van der Waals surface area contributed by atoms with Gasteiger partial charge in [-0.05, 0) is 29.8 Å². The van der Waals surface area contributed by atoms with Crippen LogP contribution in [0.1, 0.15) is 34.4 Å². The van der Waals surface area contributed by atoms with Gasteiger partial charge < -0.3 is 25.4 Å². The minimum atomic E-state index is -4.50. The van der Waals surface area contributed by atoms with Crippen LogP contribution in [-0.2, 0) is 0 Å². The number of alkyl halides is 3. The first kappa shape index (κ1) is 24.0. The number of carbonyl (C=O) groups excluding carboxylic acids is 1. The molecule has 0 bridgehead atoms. The maximum atomic E-state index is 14.1. The number of hydrogen-bond donors (Lipinski definition) is 2. The van der Waals surface area contributed by atoms with Gasteiger partial charge in [0.25, 0.3) is 5.91 Å². The van der Waals surface area contributed by atoms with Crippen LogP contribution < -0.4 is 20.5 Å². The molecule has 2 aliphatic rings. The Bertz CT molecular complexity index is 1270. The smallest absolute Gasteiger partial charge is 0.410 e. The normalized spacial score (nSPS) is 19.8. The SMILES string of the molecule is COc1ccc([C@@H]2C[C@H](C(F)(F)F)n3nc(-c4ccc(C(=O)N5CC(N)C5)cc4)cc3N2)cc1OC. The number of amides is 1. The van der Waals surface area contributed by atoms with Crippen molar-refractivity contribution in [3.63, 3.8) is 0 Å². The summed E-state index contributed by atoms with van der Waals surface area (Å²) in [4.78, 5) is 14.1. The third kappa shape index (κ3) is 4.34. The monoisotopic (exact) mass is 501 g/mol. The molecule has 5 rings (SSSR count). The molecule has 3 N–H and O–H groups in total. The number of likely N-dealkylation sites (tertiary alicyclic amines) is 1. The Labute approximate surface area is 205 Å². The average Bonchev–Trinajstić information content (AvgIpc) is 3.29. The molecule has 1 amide bonds. The Kier molecular flexibility index (Phi) is 6.03. The minimum Gasteiger partial charge on any atom is -0.493 e. The number of ether oxygens (including phenoxy) is 2. The fraction of sp³-hybridized carbons (Fsp3) is 0.360. The molecule has 3 aromatic rings. The van der Waals surface area contributed by atoms with Crippen molar-refractivity contribution in [3.05, 3.63) is 59.7 Å². The van der Waals surface area contributed by atoms with E-state index in [0.717, 1.165) is 4.68 Å². The van der Waals surface area contributed by atoms with E-state index in [4.69, 9.17) is 15.2 Å². The number of benzene rings is 2. The van der Waals surface area contributed by atoms with Crippen molar-refractivity contribution in [2.45, 2.75) is 30.7 Å². The van der Waals surface area contributed by atoms with Crippen LogP contribution in [0.15, 0.2) is 48.5 Å². The number of carbonyl (C=O) groups is 1. The van der Waals surface area contributed by atoms with Gasteiger partial charge in [0.05, 0.1) is 26.0 Å². The first-order valence-corrected chi connectivity index (χ1v) is 11.5. The van der Waals surface area contributed by atoms with E-state index in [9.17, 15) is 18.0 Å². The Morgan fingerprint density at radius 1 is 1.06 bits per heavy atom. The molecular formula is C25H26F3N5O3. The number of nitrogens with two attached hydrogens (primary N) is 1. The number of aromatic nitrogens is 2. The van der Waals surface area contributed by atoms with E-state index in [0.29, 0.717) is 47.0 Å². The number of methoxy groups -OCH3 is 2. The summed E-state index contributed by atoms with van der Waals surface area (Å²) in [5.41, 5.74) is 7.87. The first-order chi connectivity index (χ1) is 17.2. The van der Waals surface area contributed by atoms with Crippen LogP contribution in [0.3, 0.4) is 0 Å². The van der Waals surface area contributed by atoms with Gasteiger partial charge in [0.15, 0.2) is 17.5 Å². The largest absolute Gasteiger partial charge is 0.493 e. The summed E-state index contributed by atoms with van der Waals surface area (Å²) in [6.07, 6.45) is -4.73. The third-order valence-corrected chi connectivity index (χ3v) is 6.62. The van der Waals surface area contributed by atoms with E-state index < -0.39 is 18.3 Å². The molecule has 1 saturated heterocycles. The van der Waals surface area contributed by atoms with E-state index in [1.165, 1.54) is 14.2 Å². The van der Waals surface area contributed by atoms with Gasteiger partial charge in [-0.1, -0.05) is 18.2 Å². The highest BCUT2D eigenvalue weighted by Gasteiger charge is 2.46. The second-order valence-corrected chi connectivity index (χ2v) is 9.01. The molecule has 3 heterocycles. The van der Waals surface area contributed by atoms with E-state index in [-0.39, 0.29) is 24.2 Å². The van der Waals surface area contributed by atoms with Crippen molar-refractivity contribution in [1.82, 2.24) is 14.7 Å². The van der Waals surface area contributed by atoms with Gasteiger partial charge in [-0.15, -0.1) is 0 Å². The second-order valence-electron chi connectivity index (χ2n) is 9.01. The maximum absolute atomic E-state index is 14.1. The molecule has 190 valence electrons. The lowest BCUT2D eigenvalue weighted by Crippen LogP contribution is -2.57. The molecule has 0 radical (unpaired) electrons. The Hall–Kier alpha value is -3.73. The zero-order valence-corrected chi connectivity index (χ0v) is 19.7. The topological polar surface area (TPSA) is 94.6 Å². The fourth-order valence-corrected chi connectivity index (χ4v) is 4.65. The quantitative estimate of drug-likeness (QED) is 0.549. The van der Waals surface area contributed by atoms with Crippen molar-refractivity contribution in [3.8, 4) is 22.8 Å². The van der Waals surface area contributed by atoms with Crippen molar-refractivity contribution < 1.29 is 27.4 Å². The lowest BCUT2D eigenvalue weighted by molar-refractivity contribution is -0.173. The van der Waals surface area contributed by atoms with Gasteiger partial charge in [-0.2, -0.15) is 18.3 Å². The summed E-state index contributed by atoms with van der Waals surface area (Å²) >= 11 is 0. The van der Waals surface area contributed by atoms with Crippen LogP contribution in [0.25, 0.3) is 11.3 Å². The van der Waals surface area contributed by atoms with Gasteiger partial charge in [0.1, 0.15) is 5.82 Å². The van der Waals surface area contributed by atoms with E-state index in [2.05, 4.69) is 10.4 Å². The summed E-state index contributed by atoms with van der Waals surface area (Å²) in [6, 6.07) is 10.9. The highest BCUT2D eigenvalue weighted by molar-refractivity contribution is 5.95. The molecule has 8 nitrogen and oxygen atoms in total. The standard InChI is InChI=1S/C25H26F3N5O3/c1-35-20-8-7-16(9-21(20)36-2)18-10-22(25(26,27)28)33-23(30-18)11-19(31-33)14-3-5-15(6-4-14)24(34)32-12-17(29)13-32/h3-9,11,17-18,22,30H,10,12-13,29H2,1-2H3/t18-,22+/m0/s1. The van der Waals surface area contributed by atoms with E-state index >= 15 is 0 Å². The third-order valence-electron chi connectivity index (χ3n) is 6.62. The molecule has 11 heteroatoms. The lowest BCUT2D eigenvalue weighted by atomic mass is 9.96. The van der Waals surface area contributed by atoms with Gasteiger partial charge in [0, 0.05) is 42.7 Å². The Morgan fingerprint density at radius 2 is 1.75 bits per heavy atom. The number of nitrogens with zero attached hydrogens (tertiary/aromatic N) is 3. The molecule has 0 saturated carbocycles. The maximum Gasteiger partial charge on any atom is 0.410 e. The van der Waals surface area contributed by atoms with Crippen LogP contribution in [0, 0.1) is 0 Å². The predicted molar refractivity (Wildman–Crippen MR) is 127 cm³/mol. The zero-order valence-electron chi connectivity index (χ0n) is 19.7. The van der Waals surface area contributed by atoms with Crippen LogP contribution in [-0.4, -0.2) is 60.1 Å². The van der Waals surface area contributed by atoms with Crippen LogP contribution in [0.2, 0.25) is 0 Å². The van der Waals surface area contributed by atoms with E-state index in [1.54, 1.807) is 53.4 Å². The molecular weight excluding hydrogens is 475 g/mol. The summed E-state index contributed by atoms with van der Waals surface area (Å²) < 4.78 is 53.8. The van der Waals surface area contributed by atoms with Crippen molar-refractivity contribution >= 4 is 11.7 Å². The number of fused-ring (bicyclic) bond motifs is 1. The van der Waals surface area contributed by atoms with Crippen molar-refractivity contribution in [2.75, 3.05) is 32.6 Å². The van der Waals surface area contributed by atoms with Gasteiger partial charge in [0.2, 0.25) is 0 Å². The molecule has 0 unspecified atom stereocenters. The van der Waals surface area contributed by atoms with Crippen molar-refractivity contribution in [1.29, 1.82) is 0 Å².